The lowest BCUT2D eigenvalue weighted by molar-refractivity contribution is -0.138. The van der Waals surface area contributed by atoms with Gasteiger partial charge in [-0.05, 0) is 78.7 Å². The molecule has 4 atom stereocenters. The standard InChI is InChI=1S/C30H43N7O7/c31-9-1-4-23-28(41)36-24(29(42)37(12-10-32)11-2-3-21(33)30(43)44)16-20-14-18(6-8-26(20)39)17-5-7-25(38)19(13-17)15-22(34)27(40)35-23/h5-8,13-14,21-24,38-39H,1-4,9-12,15-16,31-34H2,(H,35,40)(H,36,41)(H,43,44)/t21?,22-,23-,24-/m0/s1. The summed E-state index contributed by atoms with van der Waals surface area (Å²) in [7, 11) is 0. The minimum absolute atomic E-state index is 0.0115. The molecule has 0 aliphatic carbocycles. The first kappa shape index (κ1) is 34.3. The first-order valence-electron chi connectivity index (χ1n) is 14.6. The Hall–Kier alpha value is -4.24. The normalized spacial score (nSPS) is 19.6. The summed E-state index contributed by atoms with van der Waals surface area (Å²) in [6, 6.07) is 5.24. The van der Waals surface area contributed by atoms with Crippen molar-refractivity contribution >= 4 is 23.7 Å². The summed E-state index contributed by atoms with van der Waals surface area (Å²) in [6.07, 6.45) is 0.830. The summed E-state index contributed by atoms with van der Waals surface area (Å²) in [5.41, 5.74) is 25.4. The number of phenols is 2. The molecule has 2 aromatic rings. The van der Waals surface area contributed by atoms with Crippen LogP contribution in [0.3, 0.4) is 0 Å². The molecule has 3 rings (SSSR count). The number of rotatable bonds is 11. The highest BCUT2D eigenvalue weighted by Gasteiger charge is 2.31. The molecule has 0 aromatic heterocycles. The van der Waals surface area contributed by atoms with Crippen LogP contribution in [0.25, 0.3) is 11.1 Å². The van der Waals surface area contributed by atoms with E-state index in [-0.39, 0.29) is 69.8 Å². The van der Waals surface area contributed by atoms with E-state index in [1.54, 1.807) is 24.3 Å². The average Bonchev–Trinajstić information content (AvgIpc) is 2.99. The van der Waals surface area contributed by atoms with Gasteiger partial charge in [0.05, 0.1) is 6.04 Å². The zero-order valence-electron chi connectivity index (χ0n) is 24.6. The lowest BCUT2D eigenvalue weighted by Gasteiger charge is -2.29. The molecule has 3 amide bonds. The predicted octanol–water partition coefficient (Wildman–Crippen LogP) is -1.12. The van der Waals surface area contributed by atoms with Gasteiger partial charge in [-0.1, -0.05) is 12.1 Å². The van der Waals surface area contributed by atoms with Crippen molar-refractivity contribution in [1.82, 2.24) is 15.5 Å². The topological polar surface area (TPSA) is 260 Å². The summed E-state index contributed by atoms with van der Waals surface area (Å²) < 4.78 is 0. The van der Waals surface area contributed by atoms with E-state index in [0.717, 1.165) is 0 Å². The Labute approximate surface area is 255 Å². The summed E-state index contributed by atoms with van der Waals surface area (Å²) in [5, 5.41) is 35.8. The molecule has 1 unspecified atom stereocenters. The van der Waals surface area contributed by atoms with E-state index in [4.69, 9.17) is 28.0 Å². The highest BCUT2D eigenvalue weighted by molar-refractivity contribution is 5.93. The Balaban J connectivity index is 2.05. The second-order valence-electron chi connectivity index (χ2n) is 11.0. The number of nitrogens with one attached hydrogen (secondary N) is 2. The number of amides is 3. The second-order valence-corrected chi connectivity index (χ2v) is 11.0. The van der Waals surface area contributed by atoms with Crippen molar-refractivity contribution in [2.45, 2.75) is 62.7 Å². The van der Waals surface area contributed by atoms with Crippen molar-refractivity contribution in [3.8, 4) is 22.6 Å². The van der Waals surface area contributed by atoms with Gasteiger partial charge in [0, 0.05) is 32.5 Å². The molecule has 1 aliphatic rings. The SMILES string of the molecule is NCCC[C@@H]1NC(=O)[C@@H](N)Cc2cc(ccc2O)-c2ccc(O)c(c2)C[C@@H](C(=O)N(CCN)CCCC(N)C(=O)O)NC1=O. The van der Waals surface area contributed by atoms with Gasteiger partial charge in [-0.15, -0.1) is 0 Å². The van der Waals surface area contributed by atoms with E-state index in [2.05, 4.69) is 10.6 Å². The van der Waals surface area contributed by atoms with Gasteiger partial charge in [0.2, 0.25) is 17.7 Å². The number of nitrogens with two attached hydrogens (primary N) is 4. The zero-order chi connectivity index (χ0) is 32.4. The molecule has 0 radical (unpaired) electrons. The minimum Gasteiger partial charge on any atom is -0.508 e. The third kappa shape index (κ3) is 9.13. The van der Waals surface area contributed by atoms with Crippen LogP contribution in [0.5, 0.6) is 11.5 Å². The van der Waals surface area contributed by atoms with Gasteiger partial charge in [-0.25, -0.2) is 0 Å². The molecular weight excluding hydrogens is 570 g/mol. The maximum atomic E-state index is 13.9. The number of aromatic hydroxyl groups is 2. The van der Waals surface area contributed by atoms with Crippen LogP contribution in [0.15, 0.2) is 36.4 Å². The molecule has 240 valence electrons. The Morgan fingerprint density at radius 3 is 2.07 bits per heavy atom. The largest absolute Gasteiger partial charge is 0.508 e. The van der Waals surface area contributed by atoms with Crippen molar-refractivity contribution in [3.63, 3.8) is 0 Å². The Kier molecular flexibility index (Phi) is 12.5. The lowest BCUT2D eigenvalue weighted by atomic mass is 9.95. The molecule has 2 aromatic carbocycles. The molecule has 1 heterocycles. The van der Waals surface area contributed by atoms with E-state index in [1.165, 1.54) is 17.0 Å². The molecule has 1 aliphatic heterocycles. The fraction of sp³-hybridized carbons (Fsp3) is 0.467. The van der Waals surface area contributed by atoms with E-state index in [9.17, 15) is 29.4 Å². The van der Waals surface area contributed by atoms with E-state index in [0.29, 0.717) is 28.7 Å². The summed E-state index contributed by atoms with van der Waals surface area (Å²) in [5.74, 6) is -3.08. The van der Waals surface area contributed by atoms with E-state index >= 15 is 0 Å². The van der Waals surface area contributed by atoms with Crippen molar-refractivity contribution in [3.05, 3.63) is 47.5 Å². The third-order valence-electron chi connectivity index (χ3n) is 7.61. The molecule has 44 heavy (non-hydrogen) atoms. The number of benzene rings is 2. The van der Waals surface area contributed by atoms with Crippen LogP contribution in [-0.4, -0.2) is 94.3 Å². The number of carbonyl (C=O) groups is 4. The smallest absolute Gasteiger partial charge is 0.320 e. The van der Waals surface area contributed by atoms with Crippen LogP contribution in [0, 0.1) is 0 Å². The average molecular weight is 614 g/mol. The Morgan fingerprint density at radius 2 is 1.50 bits per heavy atom. The molecule has 0 saturated heterocycles. The molecule has 0 spiro atoms. The number of fused-ring (bicyclic) bond motifs is 5. The number of nitrogens with zero attached hydrogens (tertiary/aromatic N) is 1. The monoisotopic (exact) mass is 613 g/mol. The highest BCUT2D eigenvalue weighted by Crippen LogP contribution is 2.31. The van der Waals surface area contributed by atoms with Crippen LogP contribution in [-0.2, 0) is 32.0 Å². The Bertz CT molecular complexity index is 1340. The van der Waals surface area contributed by atoms with Gasteiger partial charge in [-0.2, -0.15) is 0 Å². The van der Waals surface area contributed by atoms with Crippen molar-refractivity contribution < 1.29 is 34.5 Å². The van der Waals surface area contributed by atoms with Crippen LogP contribution in [0.4, 0.5) is 0 Å². The lowest BCUT2D eigenvalue weighted by Crippen LogP contribution is -2.57. The van der Waals surface area contributed by atoms with Crippen LogP contribution < -0.4 is 33.6 Å². The highest BCUT2D eigenvalue weighted by atomic mass is 16.4. The summed E-state index contributed by atoms with van der Waals surface area (Å²) >= 11 is 0. The van der Waals surface area contributed by atoms with Crippen molar-refractivity contribution in [2.24, 2.45) is 22.9 Å². The van der Waals surface area contributed by atoms with Gasteiger partial charge in [0.25, 0.3) is 0 Å². The summed E-state index contributed by atoms with van der Waals surface area (Å²) in [4.78, 5) is 53.2. The quantitative estimate of drug-likeness (QED) is 0.147. The number of carboxylic acid groups (broad SMARTS) is 1. The molecule has 0 fully saturated rings. The maximum absolute atomic E-state index is 13.9. The molecular formula is C30H43N7O7. The van der Waals surface area contributed by atoms with Gasteiger partial charge in [-0.3, -0.25) is 19.2 Å². The van der Waals surface area contributed by atoms with Crippen molar-refractivity contribution in [2.75, 3.05) is 26.2 Å². The van der Waals surface area contributed by atoms with Gasteiger partial charge in [0.1, 0.15) is 29.6 Å². The zero-order valence-corrected chi connectivity index (χ0v) is 24.6. The fourth-order valence-electron chi connectivity index (χ4n) is 5.08. The molecule has 0 saturated carbocycles. The second kappa shape index (κ2) is 16.0. The fourth-order valence-corrected chi connectivity index (χ4v) is 5.08. The summed E-state index contributed by atoms with van der Waals surface area (Å²) in [6.45, 7) is 0.610. The first-order chi connectivity index (χ1) is 20.9. The van der Waals surface area contributed by atoms with Crippen LogP contribution in [0.1, 0.15) is 36.8 Å². The first-order valence-corrected chi connectivity index (χ1v) is 14.6. The van der Waals surface area contributed by atoms with Gasteiger partial charge >= 0.3 is 5.97 Å². The van der Waals surface area contributed by atoms with Crippen molar-refractivity contribution in [1.29, 1.82) is 0 Å². The number of carboxylic acids is 1. The number of hydrogen-bond donors (Lipinski definition) is 9. The Morgan fingerprint density at radius 1 is 0.886 bits per heavy atom. The van der Waals surface area contributed by atoms with Gasteiger partial charge in [0.15, 0.2) is 0 Å². The predicted molar refractivity (Wildman–Crippen MR) is 163 cm³/mol. The molecule has 14 nitrogen and oxygen atoms in total. The van der Waals surface area contributed by atoms with E-state index in [1.807, 2.05) is 0 Å². The molecule has 4 bridgehead atoms. The number of hydrogen-bond acceptors (Lipinski definition) is 10. The van der Waals surface area contributed by atoms with Crippen LogP contribution >= 0.6 is 0 Å². The van der Waals surface area contributed by atoms with Crippen LogP contribution in [0.2, 0.25) is 0 Å². The number of aliphatic carboxylic acids is 1. The molecule has 13 N–H and O–H groups in total. The molecule has 14 heteroatoms. The van der Waals surface area contributed by atoms with Gasteiger partial charge < -0.3 is 53.8 Å². The third-order valence-corrected chi connectivity index (χ3v) is 7.61. The number of phenolic OH excluding ortho intramolecular Hbond substituents is 2. The number of carbonyl (C=O) groups excluding carboxylic acids is 3. The maximum Gasteiger partial charge on any atom is 0.320 e. The van der Waals surface area contributed by atoms with E-state index < -0.39 is 47.9 Å². The minimum atomic E-state index is -1.19.